The molecule has 0 saturated carbocycles. The molecule has 0 aliphatic rings. The third kappa shape index (κ3) is 9.92. The summed E-state index contributed by atoms with van der Waals surface area (Å²) >= 11 is 0. The zero-order valence-electron chi connectivity index (χ0n) is 9.43. The minimum Gasteiger partial charge on any atom is -0.327 e. The van der Waals surface area contributed by atoms with Crippen LogP contribution in [0.15, 0.2) is 0 Å². The first-order valence-corrected chi connectivity index (χ1v) is 5.14. The molecule has 0 aromatic carbocycles. The Kier molecular flexibility index (Phi) is 13.1. The second-order valence-corrected chi connectivity index (χ2v) is 2.90. The molecule has 0 aromatic heterocycles. The van der Waals surface area contributed by atoms with Gasteiger partial charge < -0.3 is 10.6 Å². The molecule has 0 heterocycles. The summed E-state index contributed by atoms with van der Waals surface area (Å²) in [5, 5.41) is 0. The second-order valence-electron chi connectivity index (χ2n) is 2.90. The lowest BCUT2D eigenvalue weighted by atomic mass is 10.2. The molecule has 0 radical (unpaired) electrons. The van der Waals surface area contributed by atoms with E-state index >= 15 is 0 Å². The van der Waals surface area contributed by atoms with Gasteiger partial charge >= 0.3 is 0 Å². The van der Waals surface area contributed by atoms with Gasteiger partial charge in [-0.1, -0.05) is 34.1 Å². The maximum atomic E-state index is 5.82. The van der Waals surface area contributed by atoms with Gasteiger partial charge in [-0.25, -0.2) is 0 Å². The molecule has 2 N–H and O–H groups in total. The van der Waals surface area contributed by atoms with E-state index in [1.165, 1.54) is 6.42 Å². The molecule has 12 heavy (non-hydrogen) atoms. The molecule has 76 valence electrons. The van der Waals surface area contributed by atoms with E-state index in [-0.39, 0.29) is 0 Å². The summed E-state index contributed by atoms with van der Waals surface area (Å²) in [6, 6.07) is 0.370. The highest BCUT2D eigenvalue weighted by molar-refractivity contribution is 4.63. The van der Waals surface area contributed by atoms with Crippen molar-refractivity contribution in [2.24, 2.45) is 5.73 Å². The van der Waals surface area contributed by atoms with Gasteiger partial charge in [0.05, 0.1) is 0 Å². The molecule has 2 heteroatoms. The Hall–Kier alpha value is -0.0800. The summed E-state index contributed by atoms with van der Waals surface area (Å²) in [4.78, 5) is 2.25. The van der Waals surface area contributed by atoms with Crippen LogP contribution in [-0.2, 0) is 0 Å². The van der Waals surface area contributed by atoms with Gasteiger partial charge in [-0.15, -0.1) is 0 Å². The van der Waals surface area contributed by atoms with E-state index in [1.807, 2.05) is 13.8 Å². The summed E-state index contributed by atoms with van der Waals surface area (Å²) in [5.74, 6) is 0. The smallest absolute Gasteiger partial charge is 0.0167 e. The minimum absolute atomic E-state index is 0.370. The van der Waals surface area contributed by atoms with Crippen LogP contribution in [0.3, 0.4) is 0 Å². The number of hydrogen-bond acceptors (Lipinski definition) is 2. The van der Waals surface area contributed by atoms with Crippen molar-refractivity contribution in [1.82, 2.24) is 4.90 Å². The molecule has 1 atom stereocenters. The van der Waals surface area contributed by atoms with Crippen molar-refractivity contribution >= 4 is 0 Å². The lowest BCUT2D eigenvalue weighted by molar-refractivity contribution is 0.319. The average molecular weight is 174 g/mol. The maximum Gasteiger partial charge on any atom is 0.0167 e. The summed E-state index contributed by atoms with van der Waals surface area (Å²) in [6.45, 7) is 10.5. The zero-order chi connectivity index (χ0) is 9.98. The molecular formula is C10H26N2. The third-order valence-electron chi connectivity index (χ3n) is 1.75. The quantitative estimate of drug-likeness (QED) is 0.691. The van der Waals surface area contributed by atoms with E-state index in [1.54, 1.807) is 0 Å². The van der Waals surface area contributed by atoms with Gasteiger partial charge in [-0.3, -0.25) is 0 Å². The molecule has 2 nitrogen and oxygen atoms in total. The van der Waals surface area contributed by atoms with Gasteiger partial charge in [0.2, 0.25) is 0 Å². The van der Waals surface area contributed by atoms with E-state index in [9.17, 15) is 0 Å². The minimum atomic E-state index is 0.370. The molecule has 1 unspecified atom stereocenters. The predicted octanol–water partition coefficient (Wildman–Crippen LogP) is 2.09. The average Bonchev–Trinajstić information content (AvgIpc) is 2.08. The van der Waals surface area contributed by atoms with E-state index in [4.69, 9.17) is 5.73 Å². The molecular weight excluding hydrogens is 148 g/mol. The standard InChI is InChI=1S/C8H20N2.C2H6/c1-4-6-8(9)7-10(3)5-2;1-2/h8H,4-7,9H2,1-3H3;1-2H3. The maximum absolute atomic E-state index is 5.82. The topological polar surface area (TPSA) is 29.3 Å². The van der Waals surface area contributed by atoms with Crippen molar-refractivity contribution in [3.8, 4) is 0 Å². The number of nitrogens with two attached hydrogens (primary N) is 1. The predicted molar refractivity (Wildman–Crippen MR) is 57.4 cm³/mol. The SMILES string of the molecule is CC.CCCC(N)CN(C)CC. The Morgan fingerprint density at radius 3 is 2.08 bits per heavy atom. The molecule has 0 fully saturated rings. The van der Waals surface area contributed by atoms with Crippen molar-refractivity contribution < 1.29 is 0 Å². The van der Waals surface area contributed by atoms with E-state index < -0.39 is 0 Å². The Bertz CT molecular complexity index is 74.2. The van der Waals surface area contributed by atoms with Crippen LogP contribution in [-0.4, -0.2) is 31.1 Å². The van der Waals surface area contributed by atoms with E-state index in [0.29, 0.717) is 6.04 Å². The Morgan fingerprint density at radius 2 is 1.75 bits per heavy atom. The van der Waals surface area contributed by atoms with E-state index in [0.717, 1.165) is 19.5 Å². The Labute approximate surface area is 78.1 Å². The lowest BCUT2D eigenvalue weighted by Gasteiger charge is -2.18. The molecule has 0 aliphatic heterocycles. The highest BCUT2D eigenvalue weighted by Crippen LogP contribution is 1.94. The van der Waals surface area contributed by atoms with Crippen molar-refractivity contribution in [1.29, 1.82) is 0 Å². The van der Waals surface area contributed by atoms with Crippen LogP contribution in [0.25, 0.3) is 0 Å². The number of nitrogens with zero attached hydrogens (tertiary/aromatic N) is 1. The van der Waals surface area contributed by atoms with Crippen molar-refractivity contribution in [3.05, 3.63) is 0 Å². The summed E-state index contributed by atoms with van der Waals surface area (Å²) < 4.78 is 0. The van der Waals surface area contributed by atoms with Gasteiger partial charge in [0.15, 0.2) is 0 Å². The monoisotopic (exact) mass is 174 g/mol. The van der Waals surface area contributed by atoms with Crippen LogP contribution in [0.2, 0.25) is 0 Å². The molecule has 0 saturated heterocycles. The van der Waals surface area contributed by atoms with Crippen LogP contribution in [0.5, 0.6) is 0 Å². The van der Waals surface area contributed by atoms with Gasteiger partial charge in [0.1, 0.15) is 0 Å². The summed E-state index contributed by atoms with van der Waals surface area (Å²) in [7, 11) is 2.11. The Balaban J connectivity index is 0. The molecule has 0 aliphatic carbocycles. The third-order valence-corrected chi connectivity index (χ3v) is 1.75. The van der Waals surface area contributed by atoms with Gasteiger partial charge in [-0.05, 0) is 20.0 Å². The molecule has 0 aromatic rings. The van der Waals surface area contributed by atoms with Crippen molar-refractivity contribution in [3.63, 3.8) is 0 Å². The lowest BCUT2D eigenvalue weighted by Crippen LogP contribution is -2.34. The van der Waals surface area contributed by atoms with Gasteiger partial charge in [-0.2, -0.15) is 0 Å². The second kappa shape index (κ2) is 10.9. The number of likely N-dealkylation sites (N-methyl/N-ethyl adjacent to an activating group) is 1. The highest BCUT2D eigenvalue weighted by Gasteiger charge is 2.02. The first kappa shape index (κ1) is 14.4. The Morgan fingerprint density at radius 1 is 1.25 bits per heavy atom. The van der Waals surface area contributed by atoms with Crippen LogP contribution < -0.4 is 5.73 Å². The first-order chi connectivity index (χ1) is 5.70. The first-order valence-electron chi connectivity index (χ1n) is 5.14. The van der Waals surface area contributed by atoms with Crippen LogP contribution in [0.4, 0.5) is 0 Å². The van der Waals surface area contributed by atoms with Crippen LogP contribution in [0.1, 0.15) is 40.5 Å². The molecule has 0 bridgehead atoms. The number of rotatable bonds is 5. The van der Waals surface area contributed by atoms with Gasteiger partial charge in [0.25, 0.3) is 0 Å². The molecule has 0 rings (SSSR count). The van der Waals surface area contributed by atoms with Crippen molar-refractivity contribution in [2.45, 2.75) is 46.6 Å². The number of hydrogen-bond donors (Lipinski definition) is 1. The fourth-order valence-electron chi connectivity index (χ4n) is 0.992. The zero-order valence-corrected chi connectivity index (χ0v) is 9.43. The molecule has 0 amide bonds. The fraction of sp³-hybridized carbons (Fsp3) is 1.00. The summed E-state index contributed by atoms with van der Waals surface area (Å²) in [5.41, 5.74) is 5.82. The highest BCUT2D eigenvalue weighted by atomic mass is 15.1. The molecule has 0 spiro atoms. The largest absolute Gasteiger partial charge is 0.327 e. The van der Waals surface area contributed by atoms with Crippen molar-refractivity contribution in [2.75, 3.05) is 20.1 Å². The van der Waals surface area contributed by atoms with Crippen LogP contribution >= 0.6 is 0 Å². The fourth-order valence-corrected chi connectivity index (χ4v) is 0.992. The van der Waals surface area contributed by atoms with Gasteiger partial charge in [0, 0.05) is 12.6 Å². The normalized spacial score (nSPS) is 12.2. The van der Waals surface area contributed by atoms with Crippen LogP contribution in [0, 0.1) is 0 Å². The van der Waals surface area contributed by atoms with E-state index in [2.05, 4.69) is 25.8 Å². The summed E-state index contributed by atoms with van der Waals surface area (Å²) in [6.07, 6.45) is 2.34.